The van der Waals surface area contributed by atoms with Gasteiger partial charge in [-0.15, -0.1) is 0 Å². The van der Waals surface area contributed by atoms with Gasteiger partial charge in [-0.25, -0.2) is 4.79 Å². The van der Waals surface area contributed by atoms with E-state index < -0.39 is 0 Å². The highest BCUT2D eigenvalue weighted by Gasteiger charge is 1.99. The average molecular weight is 209 g/mol. The first-order valence-electron chi connectivity index (χ1n) is 4.77. The number of rotatable bonds is 5. The van der Waals surface area contributed by atoms with E-state index in [-0.39, 0.29) is 6.03 Å². The van der Waals surface area contributed by atoms with E-state index in [4.69, 9.17) is 4.74 Å². The zero-order chi connectivity index (χ0) is 10.9. The number of hydrogen-bond donors (Lipinski definition) is 2. The molecule has 0 aliphatic rings. The molecule has 0 aromatic carbocycles. The third kappa shape index (κ3) is 4.97. The second-order valence-electron chi connectivity index (χ2n) is 2.96. The second-order valence-corrected chi connectivity index (χ2v) is 2.96. The Bertz CT molecular complexity index is 290. The van der Waals surface area contributed by atoms with Crippen LogP contribution in [0.25, 0.3) is 0 Å². The van der Waals surface area contributed by atoms with Gasteiger partial charge in [-0.1, -0.05) is 0 Å². The molecule has 2 N–H and O–H groups in total. The molecule has 0 bridgehead atoms. The van der Waals surface area contributed by atoms with E-state index in [1.54, 1.807) is 31.6 Å². The smallest absolute Gasteiger partial charge is 0.319 e. The van der Waals surface area contributed by atoms with Gasteiger partial charge in [-0.05, 0) is 18.6 Å². The highest BCUT2D eigenvalue weighted by Crippen LogP contribution is 2.01. The lowest BCUT2D eigenvalue weighted by molar-refractivity contribution is 0.194. The molecule has 0 atom stereocenters. The molecular weight excluding hydrogens is 194 g/mol. The van der Waals surface area contributed by atoms with Gasteiger partial charge in [-0.2, -0.15) is 0 Å². The summed E-state index contributed by atoms with van der Waals surface area (Å²) in [4.78, 5) is 15.1. The first-order valence-corrected chi connectivity index (χ1v) is 4.77. The van der Waals surface area contributed by atoms with E-state index >= 15 is 0 Å². The average Bonchev–Trinajstić information content (AvgIpc) is 2.26. The SMILES string of the molecule is COCCCNC(=O)Nc1ccncc1. The number of carbonyl (C=O) groups excluding carboxylic acids is 1. The van der Waals surface area contributed by atoms with Gasteiger partial charge in [0.2, 0.25) is 0 Å². The van der Waals surface area contributed by atoms with E-state index in [9.17, 15) is 4.79 Å². The summed E-state index contributed by atoms with van der Waals surface area (Å²) in [6.07, 6.45) is 4.06. The van der Waals surface area contributed by atoms with Crippen LogP contribution < -0.4 is 10.6 Å². The Morgan fingerprint density at radius 3 is 2.87 bits per heavy atom. The van der Waals surface area contributed by atoms with Crippen molar-refractivity contribution in [1.29, 1.82) is 0 Å². The summed E-state index contributed by atoms with van der Waals surface area (Å²) in [7, 11) is 1.64. The number of methoxy groups -OCH3 is 1. The normalized spacial score (nSPS) is 9.67. The van der Waals surface area contributed by atoms with Gasteiger partial charge >= 0.3 is 6.03 Å². The van der Waals surface area contributed by atoms with E-state index in [1.807, 2.05) is 0 Å². The molecule has 0 spiro atoms. The van der Waals surface area contributed by atoms with Gasteiger partial charge in [0.05, 0.1) is 0 Å². The van der Waals surface area contributed by atoms with Crippen molar-refractivity contribution >= 4 is 11.7 Å². The number of urea groups is 1. The lowest BCUT2D eigenvalue weighted by Crippen LogP contribution is -2.29. The van der Waals surface area contributed by atoms with Crippen LogP contribution in [-0.4, -0.2) is 31.3 Å². The maximum absolute atomic E-state index is 11.3. The Morgan fingerprint density at radius 1 is 1.47 bits per heavy atom. The number of ether oxygens (including phenoxy) is 1. The number of nitrogens with one attached hydrogen (secondary N) is 2. The Morgan fingerprint density at radius 2 is 2.20 bits per heavy atom. The summed E-state index contributed by atoms with van der Waals surface area (Å²) in [6, 6.07) is 3.25. The van der Waals surface area contributed by atoms with Crippen LogP contribution in [0.15, 0.2) is 24.5 Å². The zero-order valence-corrected chi connectivity index (χ0v) is 8.69. The first-order chi connectivity index (χ1) is 7.33. The van der Waals surface area contributed by atoms with Crippen molar-refractivity contribution in [3.63, 3.8) is 0 Å². The third-order valence-electron chi connectivity index (χ3n) is 1.75. The predicted octanol–water partition coefficient (Wildman–Crippen LogP) is 1.24. The summed E-state index contributed by atoms with van der Waals surface area (Å²) in [5.41, 5.74) is 0.731. The molecule has 5 heteroatoms. The van der Waals surface area contributed by atoms with Crippen molar-refractivity contribution in [2.45, 2.75) is 6.42 Å². The van der Waals surface area contributed by atoms with Gasteiger partial charge in [0.1, 0.15) is 0 Å². The molecule has 0 fully saturated rings. The van der Waals surface area contributed by atoms with Gasteiger partial charge in [0, 0.05) is 38.3 Å². The number of hydrogen-bond acceptors (Lipinski definition) is 3. The molecule has 15 heavy (non-hydrogen) atoms. The quantitative estimate of drug-likeness (QED) is 0.717. The molecule has 2 amide bonds. The van der Waals surface area contributed by atoms with Crippen molar-refractivity contribution in [1.82, 2.24) is 10.3 Å². The summed E-state index contributed by atoms with van der Waals surface area (Å²) in [5.74, 6) is 0. The largest absolute Gasteiger partial charge is 0.385 e. The van der Waals surface area contributed by atoms with E-state index in [0.717, 1.165) is 12.1 Å². The Balaban J connectivity index is 2.19. The lowest BCUT2D eigenvalue weighted by Gasteiger charge is -2.06. The number of pyridine rings is 1. The number of nitrogens with zero attached hydrogens (tertiary/aromatic N) is 1. The van der Waals surface area contributed by atoms with Crippen LogP contribution in [0.5, 0.6) is 0 Å². The van der Waals surface area contributed by atoms with Crippen molar-refractivity contribution in [3.05, 3.63) is 24.5 Å². The number of carbonyl (C=O) groups is 1. The molecule has 1 rings (SSSR count). The first kappa shape index (κ1) is 11.5. The van der Waals surface area contributed by atoms with Crippen molar-refractivity contribution in [2.24, 2.45) is 0 Å². The Labute approximate surface area is 88.9 Å². The fourth-order valence-electron chi connectivity index (χ4n) is 1.03. The minimum absolute atomic E-state index is 0.211. The van der Waals surface area contributed by atoms with Crippen LogP contribution in [-0.2, 0) is 4.74 Å². The molecule has 0 saturated carbocycles. The fourth-order valence-corrected chi connectivity index (χ4v) is 1.03. The van der Waals surface area contributed by atoms with E-state index in [1.165, 1.54) is 0 Å². The molecule has 82 valence electrons. The molecule has 1 heterocycles. The highest BCUT2D eigenvalue weighted by molar-refractivity contribution is 5.88. The standard InChI is InChI=1S/C10H15N3O2/c1-15-8-2-5-12-10(14)13-9-3-6-11-7-4-9/h3-4,6-7H,2,5,8H2,1H3,(H2,11,12,13,14). The maximum atomic E-state index is 11.3. The molecule has 0 aliphatic heterocycles. The number of aromatic nitrogens is 1. The van der Waals surface area contributed by atoms with Crippen molar-refractivity contribution in [2.75, 3.05) is 25.6 Å². The van der Waals surface area contributed by atoms with Crippen molar-refractivity contribution in [3.8, 4) is 0 Å². The highest BCUT2D eigenvalue weighted by atomic mass is 16.5. The molecule has 0 radical (unpaired) electrons. The predicted molar refractivity (Wildman–Crippen MR) is 57.8 cm³/mol. The van der Waals surface area contributed by atoms with Crippen LogP contribution in [0.2, 0.25) is 0 Å². The zero-order valence-electron chi connectivity index (χ0n) is 8.69. The van der Waals surface area contributed by atoms with Crippen molar-refractivity contribution < 1.29 is 9.53 Å². The number of anilines is 1. The van der Waals surface area contributed by atoms with Gasteiger partial charge in [0.25, 0.3) is 0 Å². The van der Waals surface area contributed by atoms with Gasteiger partial charge in [0.15, 0.2) is 0 Å². The molecule has 0 aliphatic carbocycles. The van der Waals surface area contributed by atoms with Crippen LogP contribution in [0.1, 0.15) is 6.42 Å². The minimum atomic E-state index is -0.211. The van der Waals surface area contributed by atoms with Gasteiger partial charge < -0.3 is 15.4 Å². The molecule has 1 aromatic heterocycles. The summed E-state index contributed by atoms with van der Waals surface area (Å²) in [5, 5.41) is 5.40. The van der Waals surface area contributed by atoms with E-state index in [2.05, 4.69) is 15.6 Å². The van der Waals surface area contributed by atoms with E-state index in [0.29, 0.717) is 13.2 Å². The minimum Gasteiger partial charge on any atom is -0.385 e. The Kier molecular flexibility index (Phi) is 5.18. The maximum Gasteiger partial charge on any atom is 0.319 e. The molecule has 5 nitrogen and oxygen atoms in total. The van der Waals surface area contributed by atoms with Crippen LogP contribution in [0.3, 0.4) is 0 Å². The summed E-state index contributed by atoms with van der Waals surface area (Å²) in [6.45, 7) is 1.25. The monoisotopic (exact) mass is 209 g/mol. The molecular formula is C10H15N3O2. The fraction of sp³-hybridized carbons (Fsp3) is 0.400. The van der Waals surface area contributed by atoms with Crippen LogP contribution in [0, 0.1) is 0 Å². The lowest BCUT2D eigenvalue weighted by atomic mass is 10.4. The molecule has 1 aromatic rings. The topological polar surface area (TPSA) is 63.2 Å². The Hall–Kier alpha value is -1.62. The van der Waals surface area contributed by atoms with Gasteiger partial charge in [-0.3, -0.25) is 4.98 Å². The summed E-state index contributed by atoms with van der Waals surface area (Å²) >= 11 is 0. The summed E-state index contributed by atoms with van der Waals surface area (Å²) < 4.78 is 4.86. The second kappa shape index (κ2) is 6.78. The molecule has 0 unspecified atom stereocenters. The number of amides is 2. The van der Waals surface area contributed by atoms with Crippen LogP contribution >= 0.6 is 0 Å². The molecule has 0 saturated heterocycles. The third-order valence-corrected chi connectivity index (χ3v) is 1.75. The van der Waals surface area contributed by atoms with Crippen LogP contribution in [0.4, 0.5) is 10.5 Å².